The maximum absolute atomic E-state index is 12.2. The maximum Gasteiger partial charge on any atom is 0.203 e. The van der Waals surface area contributed by atoms with Gasteiger partial charge in [0.25, 0.3) is 0 Å². The lowest BCUT2D eigenvalue weighted by molar-refractivity contribution is 0.104. The predicted molar refractivity (Wildman–Crippen MR) is 92.0 cm³/mol. The molecule has 128 valence electrons. The van der Waals surface area contributed by atoms with Gasteiger partial charge in [-0.15, -0.1) is 0 Å². The van der Waals surface area contributed by atoms with E-state index in [0.29, 0.717) is 29.4 Å². The van der Waals surface area contributed by atoms with Gasteiger partial charge in [-0.3, -0.25) is 9.48 Å². The summed E-state index contributed by atoms with van der Waals surface area (Å²) in [6, 6.07) is 3.60. The first kappa shape index (κ1) is 17.6. The molecule has 24 heavy (non-hydrogen) atoms. The van der Waals surface area contributed by atoms with Crippen molar-refractivity contribution in [3.8, 4) is 17.2 Å². The minimum atomic E-state index is -0.110. The van der Waals surface area contributed by atoms with E-state index in [1.54, 1.807) is 49.5 Å². The summed E-state index contributed by atoms with van der Waals surface area (Å²) >= 11 is 0. The van der Waals surface area contributed by atoms with Crippen LogP contribution in [0.25, 0.3) is 6.08 Å². The van der Waals surface area contributed by atoms with Crippen molar-refractivity contribution in [1.82, 2.24) is 9.78 Å². The molecule has 6 nitrogen and oxygen atoms in total. The van der Waals surface area contributed by atoms with Crippen molar-refractivity contribution in [3.05, 3.63) is 41.7 Å². The molecule has 0 fully saturated rings. The van der Waals surface area contributed by atoms with E-state index in [2.05, 4.69) is 5.10 Å². The topological polar surface area (TPSA) is 62.6 Å². The van der Waals surface area contributed by atoms with Crippen molar-refractivity contribution in [2.24, 2.45) is 0 Å². The summed E-state index contributed by atoms with van der Waals surface area (Å²) in [5.41, 5.74) is 1.33. The summed E-state index contributed by atoms with van der Waals surface area (Å²) in [6.07, 6.45) is 6.51. The number of aromatic nitrogens is 2. The fourth-order valence-corrected chi connectivity index (χ4v) is 2.21. The molecule has 0 amide bonds. The molecule has 0 radical (unpaired) electrons. The second-order valence-corrected chi connectivity index (χ2v) is 4.97. The van der Waals surface area contributed by atoms with Crippen LogP contribution in [0, 0.1) is 0 Å². The van der Waals surface area contributed by atoms with E-state index in [4.69, 9.17) is 14.2 Å². The van der Waals surface area contributed by atoms with Gasteiger partial charge in [-0.05, 0) is 37.6 Å². The van der Waals surface area contributed by atoms with Gasteiger partial charge in [0.05, 0.1) is 32.6 Å². The number of hydrogen-bond acceptors (Lipinski definition) is 5. The standard InChI is InChI=1S/C18H22N2O4/c1-5-20-12-14(11-19-20)15(21)8-7-13-9-16(22-3)18(24-6-2)17(10-13)23-4/h7-12H,5-6H2,1-4H3/b8-7+. The summed E-state index contributed by atoms with van der Waals surface area (Å²) < 4.78 is 18.0. The third kappa shape index (κ3) is 3.95. The molecule has 2 rings (SSSR count). The van der Waals surface area contributed by atoms with Gasteiger partial charge in [0.1, 0.15) is 0 Å². The molecule has 2 aromatic rings. The van der Waals surface area contributed by atoms with Crippen molar-refractivity contribution in [2.45, 2.75) is 20.4 Å². The van der Waals surface area contributed by atoms with E-state index >= 15 is 0 Å². The van der Waals surface area contributed by atoms with Crippen molar-refractivity contribution in [1.29, 1.82) is 0 Å². The van der Waals surface area contributed by atoms with Gasteiger partial charge in [0, 0.05) is 12.7 Å². The number of methoxy groups -OCH3 is 2. The zero-order valence-corrected chi connectivity index (χ0v) is 14.4. The Morgan fingerprint density at radius 3 is 2.38 bits per heavy atom. The number of hydrogen-bond donors (Lipinski definition) is 0. The smallest absolute Gasteiger partial charge is 0.203 e. The van der Waals surface area contributed by atoms with E-state index in [9.17, 15) is 4.79 Å². The van der Waals surface area contributed by atoms with Gasteiger partial charge in [0.15, 0.2) is 17.3 Å². The van der Waals surface area contributed by atoms with Crippen LogP contribution in [0.15, 0.2) is 30.6 Å². The molecular formula is C18H22N2O4. The molecule has 0 saturated carbocycles. The Morgan fingerprint density at radius 2 is 1.88 bits per heavy atom. The van der Waals surface area contributed by atoms with E-state index in [-0.39, 0.29) is 5.78 Å². The van der Waals surface area contributed by atoms with Crippen molar-refractivity contribution in [3.63, 3.8) is 0 Å². The lowest BCUT2D eigenvalue weighted by atomic mass is 10.1. The Bertz CT molecular complexity index is 709. The molecule has 1 heterocycles. The maximum atomic E-state index is 12.2. The molecule has 0 saturated heterocycles. The van der Waals surface area contributed by atoms with Gasteiger partial charge >= 0.3 is 0 Å². The molecule has 0 aliphatic heterocycles. The van der Waals surface area contributed by atoms with E-state index in [1.165, 1.54) is 6.08 Å². The molecule has 0 bridgehead atoms. The van der Waals surface area contributed by atoms with E-state index < -0.39 is 0 Å². The Balaban J connectivity index is 2.26. The summed E-state index contributed by atoms with van der Waals surface area (Å²) in [7, 11) is 3.13. The number of rotatable bonds is 8. The minimum Gasteiger partial charge on any atom is -0.493 e. The molecule has 0 aliphatic carbocycles. The zero-order valence-electron chi connectivity index (χ0n) is 14.4. The number of ketones is 1. The number of benzene rings is 1. The predicted octanol–water partition coefficient (Wildman–Crippen LogP) is 3.22. The molecule has 1 aromatic carbocycles. The van der Waals surface area contributed by atoms with Crippen LogP contribution in [0.4, 0.5) is 0 Å². The number of allylic oxidation sites excluding steroid dienone is 1. The third-order valence-electron chi connectivity index (χ3n) is 3.44. The van der Waals surface area contributed by atoms with Crippen LogP contribution >= 0.6 is 0 Å². The molecule has 0 atom stereocenters. The van der Waals surface area contributed by atoms with Gasteiger partial charge < -0.3 is 14.2 Å². The number of carbonyl (C=O) groups excluding carboxylic acids is 1. The van der Waals surface area contributed by atoms with Crippen LogP contribution in [0.1, 0.15) is 29.8 Å². The highest BCUT2D eigenvalue weighted by Gasteiger charge is 2.13. The third-order valence-corrected chi connectivity index (χ3v) is 3.44. The van der Waals surface area contributed by atoms with Crippen LogP contribution in [0.2, 0.25) is 0 Å². The average molecular weight is 330 g/mol. The van der Waals surface area contributed by atoms with Crippen molar-refractivity contribution in [2.75, 3.05) is 20.8 Å². The number of carbonyl (C=O) groups is 1. The Kier molecular flexibility index (Phi) is 6.01. The Morgan fingerprint density at radius 1 is 1.21 bits per heavy atom. The molecule has 0 N–H and O–H groups in total. The lowest BCUT2D eigenvalue weighted by Crippen LogP contribution is -1.99. The molecule has 0 unspecified atom stereocenters. The first-order valence-corrected chi connectivity index (χ1v) is 7.76. The fraction of sp³-hybridized carbons (Fsp3) is 0.333. The monoisotopic (exact) mass is 330 g/mol. The number of ether oxygens (including phenoxy) is 3. The number of nitrogens with zero attached hydrogens (tertiary/aromatic N) is 2. The second kappa shape index (κ2) is 8.19. The molecule has 0 spiro atoms. The molecule has 6 heteroatoms. The van der Waals surface area contributed by atoms with Crippen LogP contribution in [0.5, 0.6) is 17.2 Å². The summed E-state index contributed by atoms with van der Waals surface area (Å²) in [5.74, 6) is 1.56. The second-order valence-electron chi connectivity index (χ2n) is 4.97. The summed E-state index contributed by atoms with van der Waals surface area (Å²) in [6.45, 7) is 5.09. The van der Waals surface area contributed by atoms with Crippen LogP contribution in [-0.4, -0.2) is 36.4 Å². The SMILES string of the molecule is CCOc1c(OC)cc(/C=C/C(=O)c2cnn(CC)c2)cc1OC. The Hall–Kier alpha value is -2.76. The van der Waals surface area contributed by atoms with Crippen molar-refractivity contribution < 1.29 is 19.0 Å². The highest BCUT2D eigenvalue weighted by atomic mass is 16.5. The fourth-order valence-electron chi connectivity index (χ4n) is 2.21. The van der Waals surface area contributed by atoms with E-state index in [0.717, 1.165) is 12.1 Å². The first-order chi connectivity index (χ1) is 11.6. The quantitative estimate of drug-likeness (QED) is 0.549. The van der Waals surface area contributed by atoms with E-state index in [1.807, 2.05) is 13.8 Å². The molecular weight excluding hydrogens is 308 g/mol. The van der Waals surface area contributed by atoms with Crippen molar-refractivity contribution >= 4 is 11.9 Å². The Labute approximate surface area is 141 Å². The normalized spacial score (nSPS) is 10.8. The van der Waals surface area contributed by atoms with Crippen LogP contribution < -0.4 is 14.2 Å². The number of aryl methyl sites for hydroxylation is 1. The lowest BCUT2D eigenvalue weighted by Gasteiger charge is -2.14. The van der Waals surface area contributed by atoms with Gasteiger partial charge in [0.2, 0.25) is 5.75 Å². The largest absolute Gasteiger partial charge is 0.493 e. The zero-order chi connectivity index (χ0) is 17.5. The average Bonchev–Trinajstić information content (AvgIpc) is 3.09. The van der Waals surface area contributed by atoms with Crippen LogP contribution in [0.3, 0.4) is 0 Å². The van der Waals surface area contributed by atoms with Gasteiger partial charge in [-0.25, -0.2) is 0 Å². The van der Waals surface area contributed by atoms with Gasteiger partial charge in [-0.2, -0.15) is 5.10 Å². The highest BCUT2D eigenvalue weighted by Crippen LogP contribution is 2.38. The van der Waals surface area contributed by atoms with Gasteiger partial charge in [-0.1, -0.05) is 6.08 Å². The highest BCUT2D eigenvalue weighted by molar-refractivity contribution is 6.06. The minimum absolute atomic E-state index is 0.110. The molecule has 0 aliphatic rings. The summed E-state index contributed by atoms with van der Waals surface area (Å²) in [4.78, 5) is 12.2. The molecule has 1 aromatic heterocycles. The first-order valence-electron chi connectivity index (χ1n) is 7.76. The summed E-state index contributed by atoms with van der Waals surface area (Å²) in [5, 5.41) is 4.10. The van der Waals surface area contributed by atoms with Crippen LogP contribution in [-0.2, 0) is 6.54 Å².